The van der Waals surface area contributed by atoms with E-state index in [1.54, 1.807) is 23.6 Å². The van der Waals surface area contributed by atoms with Crippen LogP contribution in [0, 0.1) is 5.92 Å². The van der Waals surface area contributed by atoms with Crippen LogP contribution < -0.4 is 16.2 Å². The Morgan fingerprint density at radius 3 is 2.63 bits per heavy atom. The van der Waals surface area contributed by atoms with Crippen molar-refractivity contribution < 1.29 is 9.59 Å². The molecule has 1 saturated carbocycles. The molecule has 0 bridgehead atoms. The minimum Gasteiger partial charge on any atom is -0.338 e. The number of urea groups is 1. The third-order valence-corrected chi connectivity index (χ3v) is 5.31. The van der Waals surface area contributed by atoms with Crippen LogP contribution in [-0.4, -0.2) is 33.3 Å². The van der Waals surface area contributed by atoms with Gasteiger partial charge in [-0.3, -0.25) is 19.5 Å². The maximum atomic E-state index is 12.9. The summed E-state index contributed by atoms with van der Waals surface area (Å²) in [5, 5.41) is 5.54. The largest absolute Gasteiger partial charge is 0.338 e. The number of carbonyl (C=O) groups excluding carboxylic acids is 2. The van der Waals surface area contributed by atoms with Crippen molar-refractivity contribution in [2.45, 2.75) is 50.1 Å². The number of amides is 3. The minimum atomic E-state index is -0.562. The number of fused-ring (bicyclic) bond motifs is 1. The van der Waals surface area contributed by atoms with Crippen molar-refractivity contribution in [3.8, 4) is 0 Å². The van der Waals surface area contributed by atoms with Gasteiger partial charge in [-0.25, -0.2) is 9.78 Å². The minimum absolute atomic E-state index is 0.0760. The zero-order valence-electron chi connectivity index (χ0n) is 15.7. The van der Waals surface area contributed by atoms with Crippen molar-refractivity contribution in [1.82, 2.24) is 20.2 Å². The summed E-state index contributed by atoms with van der Waals surface area (Å²) in [6.45, 7) is 6.15. The molecule has 1 aliphatic rings. The quantitative estimate of drug-likeness (QED) is 0.586. The molecule has 1 atom stereocenters. The second-order valence-electron chi connectivity index (χ2n) is 7.17. The van der Waals surface area contributed by atoms with E-state index in [-0.39, 0.29) is 11.6 Å². The summed E-state index contributed by atoms with van der Waals surface area (Å²) < 4.78 is 1.69. The van der Waals surface area contributed by atoms with Crippen LogP contribution in [0.1, 0.15) is 39.7 Å². The number of para-hydroxylation sites is 1. The summed E-state index contributed by atoms with van der Waals surface area (Å²) in [6.07, 6.45) is 1.87. The molecule has 2 aromatic rings. The number of rotatable bonds is 6. The third kappa shape index (κ3) is 4.68. The van der Waals surface area contributed by atoms with Gasteiger partial charge in [0.1, 0.15) is 0 Å². The molecule has 1 heterocycles. The first kappa shape index (κ1) is 19.4. The van der Waals surface area contributed by atoms with Crippen LogP contribution in [0.3, 0.4) is 0 Å². The molecule has 1 fully saturated rings. The van der Waals surface area contributed by atoms with Crippen LogP contribution in [0.15, 0.2) is 34.2 Å². The highest BCUT2D eigenvalue weighted by atomic mass is 32.2. The zero-order valence-corrected chi connectivity index (χ0v) is 16.5. The van der Waals surface area contributed by atoms with Crippen molar-refractivity contribution in [2.24, 2.45) is 5.92 Å². The molecule has 144 valence electrons. The molecule has 27 heavy (non-hydrogen) atoms. The van der Waals surface area contributed by atoms with E-state index in [1.165, 1.54) is 11.8 Å². The van der Waals surface area contributed by atoms with Gasteiger partial charge in [0.2, 0.25) is 5.91 Å². The normalized spacial score (nSPS) is 15.0. The molecule has 2 N–H and O–H groups in total. The van der Waals surface area contributed by atoms with E-state index in [2.05, 4.69) is 15.6 Å². The van der Waals surface area contributed by atoms with E-state index in [0.29, 0.717) is 28.5 Å². The Morgan fingerprint density at radius 2 is 1.96 bits per heavy atom. The fourth-order valence-corrected chi connectivity index (χ4v) is 3.61. The fraction of sp³-hybridized carbons (Fsp3) is 0.474. The average molecular weight is 388 g/mol. The van der Waals surface area contributed by atoms with Gasteiger partial charge in [0.05, 0.1) is 16.2 Å². The molecule has 0 radical (unpaired) electrons. The topological polar surface area (TPSA) is 93.1 Å². The van der Waals surface area contributed by atoms with E-state index < -0.39 is 17.2 Å². The number of hydrogen-bond acceptors (Lipinski definition) is 5. The summed E-state index contributed by atoms with van der Waals surface area (Å²) in [4.78, 5) is 41.6. The maximum Gasteiger partial charge on any atom is 0.321 e. The lowest BCUT2D eigenvalue weighted by Gasteiger charge is -2.16. The molecule has 1 aliphatic carbocycles. The Labute approximate surface area is 161 Å². The van der Waals surface area contributed by atoms with Crippen molar-refractivity contribution in [3.05, 3.63) is 34.6 Å². The standard InChI is InChI=1S/C19H24N4O3S/c1-11(2)10-20-18(26)22-16(24)12(3)27-19-21-15-7-5-4-6-14(15)17(25)23(19)13-8-9-13/h4-7,11-13H,8-10H2,1-3H3,(H2,20,22,24,26). The van der Waals surface area contributed by atoms with E-state index in [0.717, 1.165) is 12.8 Å². The number of carbonyl (C=O) groups is 2. The second-order valence-corrected chi connectivity index (χ2v) is 8.48. The molecule has 1 unspecified atom stereocenters. The van der Waals surface area contributed by atoms with Gasteiger partial charge in [-0.05, 0) is 37.8 Å². The van der Waals surface area contributed by atoms with E-state index in [1.807, 2.05) is 26.0 Å². The van der Waals surface area contributed by atoms with E-state index in [4.69, 9.17) is 0 Å². The van der Waals surface area contributed by atoms with Crippen LogP contribution in [0.5, 0.6) is 0 Å². The Hall–Kier alpha value is -2.35. The van der Waals surface area contributed by atoms with E-state index in [9.17, 15) is 14.4 Å². The van der Waals surface area contributed by atoms with Crippen molar-refractivity contribution in [3.63, 3.8) is 0 Å². The summed E-state index contributed by atoms with van der Waals surface area (Å²) in [5.74, 6) is -0.113. The first-order valence-corrected chi connectivity index (χ1v) is 10.0. The smallest absolute Gasteiger partial charge is 0.321 e. The van der Waals surface area contributed by atoms with Crippen LogP contribution in [-0.2, 0) is 4.79 Å². The van der Waals surface area contributed by atoms with Gasteiger partial charge in [-0.1, -0.05) is 37.7 Å². The molecular formula is C19H24N4O3S. The Kier molecular flexibility index (Phi) is 5.84. The van der Waals surface area contributed by atoms with Gasteiger partial charge in [0.15, 0.2) is 5.16 Å². The van der Waals surface area contributed by atoms with Crippen molar-refractivity contribution >= 4 is 34.6 Å². The Bertz CT molecular complexity index is 921. The van der Waals surface area contributed by atoms with Crippen molar-refractivity contribution in [2.75, 3.05) is 6.54 Å². The highest BCUT2D eigenvalue weighted by Crippen LogP contribution is 2.37. The van der Waals surface area contributed by atoms with Crippen LogP contribution in [0.2, 0.25) is 0 Å². The van der Waals surface area contributed by atoms with Gasteiger partial charge < -0.3 is 5.32 Å². The van der Waals surface area contributed by atoms with Crippen molar-refractivity contribution in [1.29, 1.82) is 0 Å². The molecule has 7 nitrogen and oxygen atoms in total. The second kappa shape index (κ2) is 8.12. The number of benzene rings is 1. The molecule has 1 aromatic carbocycles. The van der Waals surface area contributed by atoms with Crippen LogP contribution in [0.25, 0.3) is 10.9 Å². The first-order valence-electron chi connectivity index (χ1n) is 9.13. The number of nitrogens with zero attached hydrogens (tertiary/aromatic N) is 2. The van der Waals surface area contributed by atoms with Gasteiger partial charge >= 0.3 is 6.03 Å². The fourth-order valence-electron chi connectivity index (χ4n) is 2.63. The summed E-state index contributed by atoms with van der Waals surface area (Å²) in [5.41, 5.74) is 0.539. The monoisotopic (exact) mass is 388 g/mol. The van der Waals surface area contributed by atoms with E-state index >= 15 is 0 Å². The molecule has 0 saturated heterocycles. The summed E-state index contributed by atoms with van der Waals surface area (Å²) >= 11 is 1.20. The lowest BCUT2D eigenvalue weighted by molar-refractivity contribution is -0.119. The Morgan fingerprint density at radius 1 is 1.26 bits per heavy atom. The van der Waals surface area contributed by atoms with Crippen LogP contribution >= 0.6 is 11.8 Å². The predicted molar refractivity (Wildman–Crippen MR) is 106 cm³/mol. The lowest BCUT2D eigenvalue weighted by Crippen LogP contribution is -2.43. The van der Waals surface area contributed by atoms with Gasteiger partial charge in [-0.15, -0.1) is 0 Å². The zero-order chi connectivity index (χ0) is 19.6. The molecule has 3 rings (SSSR count). The van der Waals surface area contributed by atoms with Crippen LogP contribution in [0.4, 0.5) is 4.79 Å². The molecular weight excluding hydrogens is 364 g/mol. The van der Waals surface area contributed by atoms with Gasteiger partial charge in [-0.2, -0.15) is 0 Å². The predicted octanol–water partition coefficient (Wildman–Crippen LogP) is 2.69. The summed E-state index contributed by atoms with van der Waals surface area (Å²) in [6, 6.07) is 6.85. The highest BCUT2D eigenvalue weighted by molar-refractivity contribution is 8.00. The first-order chi connectivity index (χ1) is 12.9. The molecule has 1 aromatic heterocycles. The highest BCUT2D eigenvalue weighted by Gasteiger charge is 2.30. The molecule has 0 spiro atoms. The SMILES string of the molecule is CC(C)CNC(=O)NC(=O)C(C)Sc1nc2ccccc2c(=O)n1C1CC1. The molecule has 0 aliphatic heterocycles. The number of nitrogens with one attached hydrogen (secondary N) is 2. The molecule has 8 heteroatoms. The Balaban J connectivity index is 1.77. The molecule has 3 amide bonds. The average Bonchev–Trinajstić information content (AvgIpc) is 3.45. The number of hydrogen-bond donors (Lipinski definition) is 2. The summed E-state index contributed by atoms with van der Waals surface area (Å²) in [7, 11) is 0. The number of thioether (sulfide) groups is 1. The number of imide groups is 1. The third-order valence-electron chi connectivity index (χ3n) is 4.25. The van der Waals surface area contributed by atoms with Gasteiger partial charge in [0, 0.05) is 12.6 Å². The van der Waals surface area contributed by atoms with Gasteiger partial charge in [0.25, 0.3) is 5.56 Å². The lowest BCUT2D eigenvalue weighted by atomic mass is 10.2. The maximum absolute atomic E-state index is 12.9. The number of aromatic nitrogens is 2.